The van der Waals surface area contributed by atoms with Crippen LogP contribution in [0.25, 0.3) is 0 Å². The summed E-state index contributed by atoms with van der Waals surface area (Å²) in [7, 11) is 1.49. The third-order valence-corrected chi connectivity index (χ3v) is 3.85. The number of carbonyl (C=O) groups excluding carboxylic acids is 2. The molecule has 6 nitrogen and oxygen atoms in total. The van der Waals surface area contributed by atoms with Crippen LogP contribution < -0.4 is 14.8 Å². The summed E-state index contributed by atoms with van der Waals surface area (Å²) in [6.07, 6.45) is -0.725. The maximum absolute atomic E-state index is 12.5. The fourth-order valence-electron chi connectivity index (χ4n) is 2.46. The second-order valence-electron chi connectivity index (χ2n) is 5.80. The number of carbonyl (C=O) groups is 2. The normalized spacial score (nSPS) is 10.0. The Morgan fingerprint density at radius 3 is 2.21 bits per heavy atom. The first-order valence-corrected chi connectivity index (χ1v) is 8.58. The molecule has 6 heteroatoms. The molecule has 0 fully saturated rings. The lowest BCUT2D eigenvalue weighted by Crippen LogP contribution is -2.19. The van der Waals surface area contributed by atoms with Gasteiger partial charge in [-0.15, -0.1) is 0 Å². The molecule has 0 heterocycles. The van der Waals surface area contributed by atoms with Crippen LogP contribution in [0.4, 0.5) is 10.5 Å². The largest absolute Gasteiger partial charge is 0.497 e. The average molecular weight is 377 g/mol. The molecule has 0 spiro atoms. The molecule has 0 aromatic heterocycles. The van der Waals surface area contributed by atoms with Gasteiger partial charge in [-0.2, -0.15) is 0 Å². The fraction of sp³-hybridized carbons (Fsp3) is 0.0909. The van der Waals surface area contributed by atoms with E-state index in [0.29, 0.717) is 11.5 Å². The van der Waals surface area contributed by atoms with Crippen molar-refractivity contribution >= 4 is 17.7 Å². The first-order valence-electron chi connectivity index (χ1n) is 8.58. The van der Waals surface area contributed by atoms with Crippen molar-refractivity contribution in [1.29, 1.82) is 0 Å². The van der Waals surface area contributed by atoms with E-state index in [4.69, 9.17) is 14.2 Å². The molecule has 0 aliphatic carbocycles. The lowest BCUT2D eigenvalue weighted by atomic mass is 10.1. The summed E-state index contributed by atoms with van der Waals surface area (Å²) < 4.78 is 15.7. The molecule has 3 rings (SSSR count). The molecular weight excluding hydrogens is 358 g/mol. The predicted octanol–water partition coefficient (Wildman–Crippen LogP) is 4.66. The Labute approximate surface area is 162 Å². The molecule has 3 aromatic rings. The van der Waals surface area contributed by atoms with E-state index in [0.717, 1.165) is 5.56 Å². The van der Waals surface area contributed by atoms with E-state index in [9.17, 15) is 9.59 Å². The van der Waals surface area contributed by atoms with Gasteiger partial charge in [-0.3, -0.25) is 5.32 Å². The van der Waals surface area contributed by atoms with E-state index >= 15 is 0 Å². The lowest BCUT2D eigenvalue weighted by molar-refractivity contribution is 0.0474. The van der Waals surface area contributed by atoms with Gasteiger partial charge in [0.15, 0.2) is 0 Å². The second kappa shape index (κ2) is 9.23. The SMILES string of the molecule is COc1ccc(C(=O)OCc2ccccc2)c(NC(=O)Oc2ccccc2)c1. The number of esters is 1. The van der Waals surface area contributed by atoms with Crippen molar-refractivity contribution in [3.05, 3.63) is 90.0 Å². The first kappa shape index (κ1) is 19.0. The van der Waals surface area contributed by atoms with Crippen molar-refractivity contribution < 1.29 is 23.8 Å². The topological polar surface area (TPSA) is 73.9 Å². The van der Waals surface area contributed by atoms with Crippen molar-refractivity contribution in [3.8, 4) is 11.5 Å². The Balaban J connectivity index is 1.73. The number of amides is 1. The molecule has 0 unspecified atom stereocenters. The highest BCUT2D eigenvalue weighted by Crippen LogP contribution is 2.24. The van der Waals surface area contributed by atoms with Gasteiger partial charge in [0, 0.05) is 6.07 Å². The van der Waals surface area contributed by atoms with Crippen LogP contribution in [-0.2, 0) is 11.3 Å². The number of methoxy groups -OCH3 is 1. The molecule has 0 radical (unpaired) electrons. The highest BCUT2D eigenvalue weighted by atomic mass is 16.6. The molecule has 0 saturated heterocycles. The molecule has 0 atom stereocenters. The third kappa shape index (κ3) is 5.11. The Morgan fingerprint density at radius 1 is 0.857 bits per heavy atom. The van der Waals surface area contributed by atoms with Crippen LogP contribution in [-0.4, -0.2) is 19.2 Å². The predicted molar refractivity (Wildman–Crippen MR) is 105 cm³/mol. The number of anilines is 1. The zero-order valence-corrected chi connectivity index (χ0v) is 15.3. The minimum Gasteiger partial charge on any atom is -0.497 e. The maximum Gasteiger partial charge on any atom is 0.417 e. The zero-order chi connectivity index (χ0) is 19.8. The van der Waals surface area contributed by atoms with Crippen LogP contribution in [0, 0.1) is 0 Å². The van der Waals surface area contributed by atoms with Crippen LogP contribution in [0.1, 0.15) is 15.9 Å². The Hall–Kier alpha value is -3.80. The molecular formula is C22H19NO5. The minimum absolute atomic E-state index is 0.125. The van der Waals surface area contributed by atoms with Crippen LogP contribution in [0.2, 0.25) is 0 Å². The van der Waals surface area contributed by atoms with Crippen molar-refractivity contribution in [2.75, 3.05) is 12.4 Å². The van der Waals surface area contributed by atoms with E-state index in [-0.39, 0.29) is 17.9 Å². The number of nitrogens with one attached hydrogen (secondary N) is 1. The number of rotatable bonds is 6. The van der Waals surface area contributed by atoms with Crippen molar-refractivity contribution in [3.63, 3.8) is 0 Å². The second-order valence-corrected chi connectivity index (χ2v) is 5.80. The van der Waals surface area contributed by atoms with Gasteiger partial charge in [0.05, 0.1) is 18.4 Å². The monoisotopic (exact) mass is 377 g/mol. The number of benzene rings is 3. The highest BCUT2D eigenvalue weighted by Gasteiger charge is 2.17. The summed E-state index contributed by atoms with van der Waals surface area (Å²) in [5, 5.41) is 2.57. The molecule has 0 saturated carbocycles. The van der Waals surface area contributed by atoms with E-state index in [1.54, 1.807) is 30.3 Å². The molecule has 28 heavy (non-hydrogen) atoms. The van der Waals surface area contributed by atoms with Crippen molar-refractivity contribution in [1.82, 2.24) is 0 Å². The average Bonchev–Trinajstić information content (AvgIpc) is 2.73. The van der Waals surface area contributed by atoms with Crippen LogP contribution in [0.15, 0.2) is 78.9 Å². The number of para-hydroxylation sites is 1. The Morgan fingerprint density at radius 2 is 1.54 bits per heavy atom. The third-order valence-electron chi connectivity index (χ3n) is 3.85. The fourth-order valence-corrected chi connectivity index (χ4v) is 2.46. The Bertz CT molecular complexity index is 942. The van der Waals surface area contributed by atoms with Gasteiger partial charge in [-0.25, -0.2) is 9.59 Å². The highest BCUT2D eigenvalue weighted by molar-refractivity contribution is 6.00. The van der Waals surface area contributed by atoms with Gasteiger partial charge in [-0.05, 0) is 29.8 Å². The summed E-state index contributed by atoms with van der Waals surface area (Å²) in [5.74, 6) is 0.298. The molecule has 0 bridgehead atoms. The van der Waals surface area contributed by atoms with Gasteiger partial charge in [-0.1, -0.05) is 48.5 Å². The van der Waals surface area contributed by atoms with Crippen molar-refractivity contribution in [2.24, 2.45) is 0 Å². The number of hydrogen-bond acceptors (Lipinski definition) is 5. The van der Waals surface area contributed by atoms with E-state index in [1.807, 2.05) is 36.4 Å². The summed E-state index contributed by atoms with van der Waals surface area (Å²) in [6, 6.07) is 22.6. The lowest BCUT2D eigenvalue weighted by Gasteiger charge is -2.13. The van der Waals surface area contributed by atoms with Gasteiger partial charge >= 0.3 is 12.1 Å². The molecule has 1 amide bonds. The molecule has 0 aliphatic heterocycles. The molecule has 3 aromatic carbocycles. The molecule has 1 N–H and O–H groups in total. The standard InChI is InChI=1S/C22H19NO5/c1-26-18-12-13-19(21(24)27-15-16-8-4-2-5-9-16)20(14-18)23-22(25)28-17-10-6-3-7-11-17/h2-14H,15H2,1H3,(H,23,25). The van der Waals surface area contributed by atoms with Gasteiger partial charge in [0.25, 0.3) is 0 Å². The summed E-state index contributed by atoms with van der Waals surface area (Å²) in [5.41, 5.74) is 1.29. The van der Waals surface area contributed by atoms with Crippen LogP contribution in [0.5, 0.6) is 11.5 Å². The molecule has 0 aliphatic rings. The summed E-state index contributed by atoms with van der Waals surface area (Å²) >= 11 is 0. The van der Waals surface area contributed by atoms with Crippen LogP contribution in [0.3, 0.4) is 0 Å². The number of hydrogen-bond donors (Lipinski definition) is 1. The molecule has 142 valence electrons. The zero-order valence-electron chi connectivity index (χ0n) is 15.3. The van der Waals surface area contributed by atoms with Gasteiger partial charge in [0.1, 0.15) is 18.1 Å². The van der Waals surface area contributed by atoms with Crippen molar-refractivity contribution in [2.45, 2.75) is 6.61 Å². The van der Waals surface area contributed by atoms with E-state index in [1.165, 1.54) is 19.2 Å². The summed E-state index contributed by atoms with van der Waals surface area (Å²) in [4.78, 5) is 24.7. The Kier molecular flexibility index (Phi) is 6.25. The van der Waals surface area contributed by atoms with Gasteiger partial charge < -0.3 is 14.2 Å². The smallest absolute Gasteiger partial charge is 0.417 e. The van der Waals surface area contributed by atoms with E-state index in [2.05, 4.69) is 5.32 Å². The van der Waals surface area contributed by atoms with Gasteiger partial charge in [0.2, 0.25) is 0 Å². The minimum atomic E-state index is -0.725. The van der Waals surface area contributed by atoms with E-state index < -0.39 is 12.1 Å². The summed E-state index contributed by atoms with van der Waals surface area (Å²) in [6.45, 7) is 0.125. The maximum atomic E-state index is 12.5. The first-order chi connectivity index (χ1) is 13.7. The quantitative estimate of drug-likeness (QED) is 0.632. The van der Waals surface area contributed by atoms with Crippen LogP contribution >= 0.6 is 0 Å². The number of ether oxygens (including phenoxy) is 3.